The van der Waals surface area contributed by atoms with Gasteiger partial charge < -0.3 is 19.7 Å². The number of carbonyl (C=O) groups is 1. The quantitative estimate of drug-likeness (QED) is 0.760. The van der Waals surface area contributed by atoms with E-state index in [2.05, 4.69) is 15.3 Å². The zero-order chi connectivity index (χ0) is 17.5. The number of methoxy groups -OCH3 is 1. The summed E-state index contributed by atoms with van der Waals surface area (Å²) in [5.41, 5.74) is 0. The van der Waals surface area contributed by atoms with Crippen molar-refractivity contribution in [2.45, 2.75) is 38.1 Å². The highest BCUT2D eigenvalue weighted by Gasteiger charge is 2.32. The Morgan fingerprint density at radius 2 is 2.28 bits per heavy atom. The summed E-state index contributed by atoms with van der Waals surface area (Å²) in [6.07, 6.45) is 7.23. The number of hydrogen-bond acceptors (Lipinski definition) is 6. The van der Waals surface area contributed by atoms with Crippen LogP contribution in [0.25, 0.3) is 0 Å². The number of hydrogen-bond donors (Lipinski definition) is 1. The number of amides is 1. The lowest BCUT2D eigenvalue weighted by atomic mass is 10.0. The van der Waals surface area contributed by atoms with E-state index in [0.29, 0.717) is 51.1 Å². The zero-order valence-corrected chi connectivity index (χ0v) is 14.9. The van der Waals surface area contributed by atoms with Crippen molar-refractivity contribution in [2.24, 2.45) is 5.92 Å². The Hall–Kier alpha value is -1.73. The number of anilines is 1. The van der Waals surface area contributed by atoms with Gasteiger partial charge in [-0.2, -0.15) is 0 Å². The van der Waals surface area contributed by atoms with Crippen LogP contribution in [0.2, 0.25) is 0 Å². The standard InChI is InChI=1S/C18H28N4O3/c1-24-10-8-19-16-6-7-20-18(21-16)15-13-25-11-9-22(15)17(23)12-14-4-2-3-5-14/h6-7,14-15H,2-5,8-13H2,1H3,(H,19,20,21). The molecule has 0 aromatic carbocycles. The number of carbonyl (C=O) groups excluding carboxylic acids is 1. The number of nitrogens with one attached hydrogen (secondary N) is 1. The maximum Gasteiger partial charge on any atom is 0.223 e. The number of morpholine rings is 1. The molecule has 2 heterocycles. The fourth-order valence-corrected chi connectivity index (χ4v) is 3.61. The first-order valence-corrected chi connectivity index (χ1v) is 9.21. The molecule has 0 spiro atoms. The summed E-state index contributed by atoms with van der Waals surface area (Å²) >= 11 is 0. The van der Waals surface area contributed by atoms with Crippen LogP contribution in [0.5, 0.6) is 0 Å². The zero-order valence-electron chi connectivity index (χ0n) is 14.9. The van der Waals surface area contributed by atoms with Crippen LogP contribution in [0.3, 0.4) is 0 Å². The van der Waals surface area contributed by atoms with Crippen LogP contribution in [0.4, 0.5) is 5.82 Å². The second-order valence-electron chi connectivity index (χ2n) is 6.75. The number of ether oxygens (including phenoxy) is 2. The van der Waals surface area contributed by atoms with Gasteiger partial charge in [0.2, 0.25) is 5.91 Å². The fourth-order valence-electron chi connectivity index (χ4n) is 3.61. The van der Waals surface area contributed by atoms with Crippen molar-refractivity contribution >= 4 is 11.7 Å². The van der Waals surface area contributed by atoms with Crippen LogP contribution in [0.15, 0.2) is 12.3 Å². The van der Waals surface area contributed by atoms with Crippen molar-refractivity contribution in [3.63, 3.8) is 0 Å². The lowest BCUT2D eigenvalue weighted by molar-refractivity contribution is -0.141. The first-order chi connectivity index (χ1) is 12.3. The van der Waals surface area contributed by atoms with Crippen LogP contribution in [0, 0.1) is 5.92 Å². The average Bonchev–Trinajstić information content (AvgIpc) is 3.15. The first-order valence-electron chi connectivity index (χ1n) is 9.21. The Labute approximate surface area is 149 Å². The molecule has 1 saturated heterocycles. The van der Waals surface area contributed by atoms with Gasteiger partial charge in [-0.1, -0.05) is 12.8 Å². The summed E-state index contributed by atoms with van der Waals surface area (Å²) in [4.78, 5) is 23.7. The van der Waals surface area contributed by atoms with E-state index in [-0.39, 0.29) is 11.9 Å². The van der Waals surface area contributed by atoms with Gasteiger partial charge in [0.15, 0.2) is 5.82 Å². The van der Waals surface area contributed by atoms with E-state index >= 15 is 0 Å². The van der Waals surface area contributed by atoms with Gasteiger partial charge in [-0.15, -0.1) is 0 Å². The van der Waals surface area contributed by atoms with Gasteiger partial charge in [0.05, 0.1) is 19.8 Å². The SMILES string of the molecule is COCCNc1ccnc(C2COCCN2C(=O)CC2CCCC2)n1. The maximum absolute atomic E-state index is 12.8. The summed E-state index contributed by atoms with van der Waals surface area (Å²) in [5, 5.41) is 3.21. The highest BCUT2D eigenvalue weighted by molar-refractivity contribution is 5.77. The molecule has 2 fully saturated rings. The van der Waals surface area contributed by atoms with E-state index in [9.17, 15) is 4.79 Å². The second kappa shape index (κ2) is 9.10. The summed E-state index contributed by atoms with van der Waals surface area (Å²) in [6, 6.07) is 1.62. The molecular formula is C18H28N4O3. The number of rotatable bonds is 7. The van der Waals surface area contributed by atoms with Gasteiger partial charge >= 0.3 is 0 Å². The molecule has 1 unspecified atom stereocenters. The van der Waals surface area contributed by atoms with Gasteiger partial charge in [-0.3, -0.25) is 4.79 Å². The van der Waals surface area contributed by atoms with Gasteiger partial charge in [0.1, 0.15) is 11.9 Å². The molecule has 1 aromatic heterocycles. The van der Waals surface area contributed by atoms with Gasteiger partial charge in [-0.05, 0) is 24.8 Å². The average molecular weight is 348 g/mol. The molecule has 138 valence electrons. The molecule has 7 heteroatoms. The predicted octanol–water partition coefficient (Wildman–Crippen LogP) is 2.02. The van der Waals surface area contributed by atoms with Crippen molar-refractivity contribution in [3.05, 3.63) is 18.1 Å². The molecule has 7 nitrogen and oxygen atoms in total. The predicted molar refractivity (Wildman–Crippen MR) is 94.2 cm³/mol. The molecule has 2 aliphatic rings. The normalized spacial score (nSPS) is 21.5. The first kappa shape index (κ1) is 18.1. The van der Waals surface area contributed by atoms with Crippen LogP contribution in [0.1, 0.15) is 44.0 Å². The molecular weight excluding hydrogens is 320 g/mol. The van der Waals surface area contributed by atoms with Crippen molar-refractivity contribution in [2.75, 3.05) is 45.3 Å². The number of nitrogens with zero attached hydrogens (tertiary/aromatic N) is 3. The lowest BCUT2D eigenvalue weighted by Crippen LogP contribution is -2.44. The van der Waals surface area contributed by atoms with E-state index in [1.165, 1.54) is 25.7 Å². The molecule has 1 saturated carbocycles. The van der Waals surface area contributed by atoms with Crippen LogP contribution in [-0.2, 0) is 14.3 Å². The minimum absolute atomic E-state index is 0.202. The molecule has 1 N–H and O–H groups in total. The molecule has 1 amide bonds. The van der Waals surface area contributed by atoms with Crippen LogP contribution in [-0.4, -0.2) is 60.8 Å². The fraction of sp³-hybridized carbons (Fsp3) is 0.722. The molecule has 25 heavy (non-hydrogen) atoms. The maximum atomic E-state index is 12.8. The Morgan fingerprint density at radius 3 is 3.08 bits per heavy atom. The minimum Gasteiger partial charge on any atom is -0.383 e. The third-order valence-electron chi connectivity index (χ3n) is 4.97. The van der Waals surface area contributed by atoms with Gasteiger partial charge in [-0.25, -0.2) is 9.97 Å². The molecule has 1 aliphatic carbocycles. The van der Waals surface area contributed by atoms with E-state index in [4.69, 9.17) is 9.47 Å². The van der Waals surface area contributed by atoms with Crippen LogP contribution >= 0.6 is 0 Å². The second-order valence-corrected chi connectivity index (χ2v) is 6.75. The van der Waals surface area contributed by atoms with E-state index in [1.807, 2.05) is 11.0 Å². The van der Waals surface area contributed by atoms with Crippen molar-refractivity contribution in [3.8, 4) is 0 Å². The van der Waals surface area contributed by atoms with E-state index in [1.54, 1.807) is 13.3 Å². The van der Waals surface area contributed by atoms with E-state index < -0.39 is 0 Å². The van der Waals surface area contributed by atoms with Crippen molar-refractivity contribution in [1.82, 2.24) is 14.9 Å². The van der Waals surface area contributed by atoms with E-state index in [0.717, 1.165) is 5.82 Å². The smallest absolute Gasteiger partial charge is 0.223 e. The number of aromatic nitrogens is 2. The molecule has 0 radical (unpaired) electrons. The Morgan fingerprint density at radius 1 is 1.44 bits per heavy atom. The lowest BCUT2D eigenvalue weighted by Gasteiger charge is -2.35. The Balaban J connectivity index is 1.67. The molecule has 1 aliphatic heterocycles. The van der Waals surface area contributed by atoms with Crippen molar-refractivity contribution in [1.29, 1.82) is 0 Å². The summed E-state index contributed by atoms with van der Waals surface area (Å²) in [7, 11) is 1.67. The summed E-state index contributed by atoms with van der Waals surface area (Å²) < 4.78 is 10.7. The van der Waals surface area contributed by atoms with Crippen molar-refractivity contribution < 1.29 is 14.3 Å². The highest BCUT2D eigenvalue weighted by Crippen LogP contribution is 2.30. The summed E-state index contributed by atoms with van der Waals surface area (Å²) in [6.45, 7) is 2.94. The third-order valence-corrected chi connectivity index (χ3v) is 4.97. The largest absolute Gasteiger partial charge is 0.383 e. The van der Waals surface area contributed by atoms with Crippen LogP contribution < -0.4 is 5.32 Å². The molecule has 0 bridgehead atoms. The minimum atomic E-state index is -0.202. The topological polar surface area (TPSA) is 76.6 Å². The highest BCUT2D eigenvalue weighted by atomic mass is 16.5. The van der Waals surface area contributed by atoms with Gasteiger partial charge in [0.25, 0.3) is 0 Å². The van der Waals surface area contributed by atoms with Gasteiger partial charge in [0, 0.05) is 32.8 Å². The Kier molecular flexibility index (Phi) is 6.58. The Bertz CT molecular complexity index is 563. The molecule has 1 aromatic rings. The summed E-state index contributed by atoms with van der Waals surface area (Å²) in [5.74, 6) is 2.14. The monoisotopic (exact) mass is 348 g/mol. The molecule has 3 rings (SSSR count). The molecule has 1 atom stereocenters. The third kappa shape index (κ3) is 4.89.